The molecule has 4 aromatic rings. The molecule has 220 valence electrons. The van der Waals surface area contributed by atoms with E-state index in [1.165, 1.54) is 0 Å². The third kappa shape index (κ3) is 6.77. The average Bonchev–Trinajstić information content (AvgIpc) is 3.41. The number of benzene rings is 2. The highest BCUT2D eigenvalue weighted by molar-refractivity contribution is 6.00. The summed E-state index contributed by atoms with van der Waals surface area (Å²) < 4.78 is 16.7. The van der Waals surface area contributed by atoms with Crippen molar-refractivity contribution in [2.45, 2.75) is 6.61 Å². The molecule has 6 rings (SSSR count). The van der Waals surface area contributed by atoms with Crippen LogP contribution in [0.5, 0.6) is 0 Å². The molecule has 0 atom stereocenters. The van der Waals surface area contributed by atoms with E-state index >= 15 is 0 Å². The number of aromatic nitrogens is 4. The van der Waals surface area contributed by atoms with Crippen molar-refractivity contribution in [1.29, 1.82) is 0 Å². The molecule has 5 N–H and O–H groups in total. The standard InChI is InChI=1S/C29H35N9O4/c30-26-24-25(35-36-26)28(38-12-17-41-18-13-38)34-27(33-24)21-3-7-23(8-4-21)32-29(39)31-22-5-1-20(2-6-22)19-42-16-11-37-9-14-40-15-10-37/h1-8H,9-19H2,(H3,30,35,36)(H2,31,32,39). The van der Waals surface area contributed by atoms with E-state index in [-0.39, 0.29) is 6.03 Å². The fraction of sp³-hybridized carbons (Fsp3) is 0.379. The molecular formula is C29H35N9O4. The van der Waals surface area contributed by atoms with Crippen LogP contribution in [0.4, 0.5) is 27.8 Å². The zero-order chi connectivity index (χ0) is 28.7. The number of carbonyl (C=O) groups excluding carboxylic acids is 1. The Kier molecular flexibility index (Phi) is 8.70. The van der Waals surface area contributed by atoms with Gasteiger partial charge in [0.05, 0.1) is 39.6 Å². The molecule has 13 nitrogen and oxygen atoms in total. The quantitative estimate of drug-likeness (QED) is 0.220. The van der Waals surface area contributed by atoms with E-state index in [0.717, 1.165) is 49.8 Å². The van der Waals surface area contributed by atoms with Crippen LogP contribution < -0.4 is 21.3 Å². The van der Waals surface area contributed by atoms with Crippen LogP contribution in [-0.2, 0) is 20.8 Å². The smallest absolute Gasteiger partial charge is 0.323 e. The van der Waals surface area contributed by atoms with Gasteiger partial charge in [-0.3, -0.25) is 10.00 Å². The Morgan fingerprint density at radius 3 is 2.24 bits per heavy atom. The monoisotopic (exact) mass is 573 g/mol. The van der Waals surface area contributed by atoms with Crippen molar-refractivity contribution in [3.63, 3.8) is 0 Å². The maximum Gasteiger partial charge on any atom is 0.323 e. The number of morpholine rings is 2. The van der Waals surface area contributed by atoms with Gasteiger partial charge in [0.25, 0.3) is 0 Å². The van der Waals surface area contributed by atoms with E-state index in [1.807, 2.05) is 48.5 Å². The molecule has 2 fully saturated rings. The van der Waals surface area contributed by atoms with Gasteiger partial charge in [-0.15, -0.1) is 0 Å². The van der Waals surface area contributed by atoms with Crippen molar-refractivity contribution in [3.05, 3.63) is 54.1 Å². The molecule has 0 spiro atoms. The summed E-state index contributed by atoms with van der Waals surface area (Å²) in [6, 6.07) is 14.7. The van der Waals surface area contributed by atoms with E-state index in [0.29, 0.717) is 73.6 Å². The summed E-state index contributed by atoms with van der Waals surface area (Å²) >= 11 is 0. The van der Waals surface area contributed by atoms with Crippen molar-refractivity contribution < 1.29 is 19.0 Å². The van der Waals surface area contributed by atoms with Crippen molar-refractivity contribution >= 4 is 40.1 Å². The molecule has 2 aliphatic rings. The summed E-state index contributed by atoms with van der Waals surface area (Å²) in [5.74, 6) is 1.59. The van der Waals surface area contributed by atoms with Crippen LogP contribution in [0.2, 0.25) is 0 Å². The maximum absolute atomic E-state index is 12.6. The summed E-state index contributed by atoms with van der Waals surface area (Å²) in [6.45, 7) is 8.29. The van der Waals surface area contributed by atoms with Crippen LogP contribution in [0.25, 0.3) is 22.4 Å². The molecule has 2 saturated heterocycles. The Balaban J connectivity index is 1.03. The minimum atomic E-state index is -0.337. The van der Waals surface area contributed by atoms with Gasteiger partial charge in [0.2, 0.25) is 0 Å². The Labute approximate surface area is 243 Å². The number of fused-ring (bicyclic) bond motifs is 1. The van der Waals surface area contributed by atoms with Crippen molar-refractivity contribution in [2.24, 2.45) is 0 Å². The van der Waals surface area contributed by atoms with Gasteiger partial charge in [0.15, 0.2) is 17.5 Å². The van der Waals surface area contributed by atoms with Gasteiger partial charge in [-0.05, 0) is 42.0 Å². The Bertz CT molecular complexity index is 1480. The molecule has 4 heterocycles. The number of amides is 2. The number of ether oxygens (including phenoxy) is 3. The highest BCUT2D eigenvalue weighted by atomic mass is 16.5. The lowest BCUT2D eigenvalue weighted by atomic mass is 10.2. The van der Waals surface area contributed by atoms with Crippen LogP contribution in [0, 0.1) is 0 Å². The number of carbonyl (C=O) groups is 1. The fourth-order valence-corrected chi connectivity index (χ4v) is 4.93. The highest BCUT2D eigenvalue weighted by Gasteiger charge is 2.21. The second-order valence-electron chi connectivity index (χ2n) is 10.2. The minimum absolute atomic E-state index is 0.322. The summed E-state index contributed by atoms with van der Waals surface area (Å²) in [5.41, 5.74) is 10.5. The predicted molar refractivity (Wildman–Crippen MR) is 161 cm³/mol. The van der Waals surface area contributed by atoms with Crippen LogP contribution >= 0.6 is 0 Å². The third-order valence-corrected chi connectivity index (χ3v) is 7.27. The van der Waals surface area contributed by atoms with Crippen LogP contribution in [0.1, 0.15) is 5.56 Å². The van der Waals surface area contributed by atoms with Gasteiger partial charge in [-0.2, -0.15) is 5.10 Å². The molecule has 0 aliphatic carbocycles. The molecule has 0 bridgehead atoms. The van der Waals surface area contributed by atoms with Gasteiger partial charge in [0.1, 0.15) is 11.0 Å². The maximum atomic E-state index is 12.6. The van der Waals surface area contributed by atoms with E-state index in [9.17, 15) is 4.79 Å². The summed E-state index contributed by atoms with van der Waals surface area (Å²) in [4.78, 5) is 26.6. The number of rotatable bonds is 9. The molecule has 2 aromatic heterocycles. The normalized spacial score (nSPS) is 16.0. The molecule has 42 heavy (non-hydrogen) atoms. The second kappa shape index (κ2) is 13.1. The number of hydrogen-bond donors (Lipinski definition) is 4. The molecule has 0 radical (unpaired) electrons. The zero-order valence-electron chi connectivity index (χ0n) is 23.3. The fourth-order valence-electron chi connectivity index (χ4n) is 4.93. The number of H-pyrrole nitrogens is 1. The number of nitrogens with zero attached hydrogens (tertiary/aromatic N) is 5. The molecule has 2 aromatic carbocycles. The Morgan fingerprint density at radius 1 is 0.905 bits per heavy atom. The summed E-state index contributed by atoms with van der Waals surface area (Å²) in [7, 11) is 0. The number of nitrogens with one attached hydrogen (secondary N) is 3. The number of nitrogen functional groups attached to an aromatic ring is 1. The molecule has 0 saturated carbocycles. The number of anilines is 4. The lowest BCUT2D eigenvalue weighted by Gasteiger charge is -2.28. The molecule has 2 aliphatic heterocycles. The summed E-state index contributed by atoms with van der Waals surface area (Å²) in [5, 5.41) is 12.8. The highest BCUT2D eigenvalue weighted by Crippen LogP contribution is 2.29. The lowest BCUT2D eigenvalue weighted by molar-refractivity contribution is 0.0180. The van der Waals surface area contributed by atoms with Crippen LogP contribution in [0.3, 0.4) is 0 Å². The third-order valence-electron chi connectivity index (χ3n) is 7.27. The van der Waals surface area contributed by atoms with E-state index in [2.05, 4.69) is 35.6 Å². The van der Waals surface area contributed by atoms with Crippen molar-refractivity contribution in [3.8, 4) is 11.4 Å². The SMILES string of the molecule is Nc1n[nH]c2c(N3CCOCC3)nc(-c3ccc(NC(=O)Nc4ccc(COCCN5CCOCC5)cc4)cc3)nc12. The molecule has 0 unspecified atom stereocenters. The van der Waals surface area contributed by atoms with Gasteiger partial charge in [-0.1, -0.05) is 12.1 Å². The molecule has 2 amide bonds. The minimum Gasteiger partial charge on any atom is -0.380 e. The van der Waals surface area contributed by atoms with Crippen molar-refractivity contribution in [1.82, 2.24) is 25.1 Å². The van der Waals surface area contributed by atoms with Gasteiger partial charge in [0, 0.05) is 49.7 Å². The molecular weight excluding hydrogens is 538 g/mol. The largest absolute Gasteiger partial charge is 0.380 e. The Morgan fingerprint density at radius 2 is 1.55 bits per heavy atom. The van der Waals surface area contributed by atoms with Gasteiger partial charge < -0.3 is 35.5 Å². The first-order valence-electron chi connectivity index (χ1n) is 14.1. The first-order valence-corrected chi connectivity index (χ1v) is 14.1. The van der Waals surface area contributed by atoms with Crippen molar-refractivity contribution in [2.75, 3.05) is 87.0 Å². The second-order valence-corrected chi connectivity index (χ2v) is 10.2. The topological polar surface area (TPSA) is 156 Å². The lowest BCUT2D eigenvalue weighted by Crippen LogP contribution is -2.38. The van der Waals surface area contributed by atoms with E-state index in [1.54, 1.807) is 0 Å². The number of nitrogens with two attached hydrogens (primary N) is 1. The van der Waals surface area contributed by atoms with Gasteiger partial charge >= 0.3 is 6.03 Å². The number of hydrogen-bond acceptors (Lipinski definition) is 10. The van der Waals surface area contributed by atoms with Gasteiger partial charge in [-0.25, -0.2) is 14.8 Å². The predicted octanol–water partition coefficient (Wildman–Crippen LogP) is 2.93. The zero-order valence-corrected chi connectivity index (χ0v) is 23.3. The van der Waals surface area contributed by atoms with Crippen LogP contribution in [-0.4, -0.2) is 96.9 Å². The average molecular weight is 574 g/mol. The first kappa shape index (κ1) is 27.8. The van der Waals surface area contributed by atoms with E-state index in [4.69, 9.17) is 24.9 Å². The van der Waals surface area contributed by atoms with Crippen LogP contribution in [0.15, 0.2) is 48.5 Å². The Hall–Kier alpha value is -4.30. The molecule has 13 heteroatoms. The van der Waals surface area contributed by atoms with E-state index < -0.39 is 0 Å². The first-order chi connectivity index (χ1) is 20.6. The number of urea groups is 1. The summed E-state index contributed by atoms with van der Waals surface area (Å²) in [6.07, 6.45) is 0. The number of aromatic amines is 1.